The Labute approximate surface area is 127 Å². The van der Waals surface area contributed by atoms with Gasteiger partial charge in [0.2, 0.25) is 5.89 Å². The fourth-order valence-corrected chi connectivity index (χ4v) is 4.23. The molecular weight excluding hydrogens is 286 g/mol. The van der Waals surface area contributed by atoms with Crippen molar-refractivity contribution < 1.29 is 9.26 Å². The highest BCUT2D eigenvalue weighted by atomic mass is 32.1. The van der Waals surface area contributed by atoms with Crippen molar-refractivity contribution in [3.05, 3.63) is 34.1 Å². The Morgan fingerprint density at radius 2 is 2.43 bits per heavy atom. The van der Waals surface area contributed by atoms with Crippen LogP contribution in [0.2, 0.25) is 0 Å². The van der Waals surface area contributed by atoms with Crippen LogP contribution in [0.4, 0.5) is 0 Å². The number of ether oxygens (including phenoxy) is 1. The predicted octanol–water partition coefficient (Wildman–Crippen LogP) is 2.59. The highest BCUT2D eigenvalue weighted by Gasteiger charge is 2.42. The van der Waals surface area contributed by atoms with Crippen molar-refractivity contribution in [1.82, 2.24) is 15.0 Å². The number of hydrogen-bond donors (Lipinski definition) is 0. The van der Waals surface area contributed by atoms with Crippen LogP contribution in [-0.2, 0) is 11.3 Å². The van der Waals surface area contributed by atoms with Crippen molar-refractivity contribution in [3.8, 4) is 0 Å². The van der Waals surface area contributed by atoms with E-state index in [1.54, 1.807) is 0 Å². The van der Waals surface area contributed by atoms with E-state index in [2.05, 4.69) is 32.6 Å². The predicted molar refractivity (Wildman–Crippen MR) is 79.3 cm³/mol. The summed E-state index contributed by atoms with van der Waals surface area (Å²) in [6.45, 7) is 4.70. The molecule has 0 aromatic carbocycles. The second-order valence-electron chi connectivity index (χ2n) is 5.89. The van der Waals surface area contributed by atoms with E-state index < -0.39 is 0 Å². The average Bonchev–Trinajstić information content (AvgIpc) is 3.18. The molecule has 6 heteroatoms. The van der Waals surface area contributed by atoms with Gasteiger partial charge in [-0.3, -0.25) is 4.90 Å². The van der Waals surface area contributed by atoms with Gasteiger partial charge in [-0.15, -0.1) is 11.3 Å². The molecule has 2 fully saturated rings. The van der Waals surface area contributed by atoms with E-state index in [1.807, 2.05) is 18.3 Å². The Hall–Kier alpha value is -1.24. The zero-order chi connectivity index (χ0) is 14.2. The van der Waals surface area contributed by atoms with Crippen molar-refractivity contribution in [3.63, 3.8) is 0 Å². The summed E-state index contributed by atoms with van der Waals surface area (Å²) >= 11 is 1.82. The fraction of sp³-hybridized carbons (Fsp3) is 0.600. The van der Waals surface area contributed by atoms with Crippen LogP contribution in [0.3, 0.4) is 0 Å². The Bertz CT molecular complexity index is 598. The molecule has 3 atom stereocenters. The van der Waals surface area contributed by atoms with E-state index in [9.17, 15) is 0 Å². The molecule has 0 saturated carbocycles. The molecule has 2 saturated heterocycles. The van der Waals surface area contributed by atoms with Crippen molar-refractivity contribution in [1.29, 1.82) is 0 Å². The molecule has 21 heavy (non-hydrogen) atoms. The lowest BCUT2D eigenvalue weighted by Gasteiger charge is -2.39. The zero-order valence-electron chi connectivity index (χ0n) is 12.1. The lowest BCUT2D eigenvalue weighted by atomic mass is 9.90. The van der Waals surface area contributed by atoms with Gasteiger partial charge in [-0.05, 0) is 31.2 Å². The van der Waals surface area contributed by atoms with Crippen LogP contribution in [0.25, 0.3) is 0 Å². The van der Waals surface area contributed by atoms with Crippen LogP contribution < -0.4 is 0 Å². The smallest absolute Gasteiger partial charge is 0.231 e. The maximum atomic E-state index is 5.94. The van der Waals surface area contributed by atoms with Gasteiger partial charge in [0.05, 0.1) is 12.0 Å². The van der Waals surface area contributed by atoms with Gasteiger partial charge in [-0.25, -0.2) is 0 Å². The SMILES string of the molecule is Cc1noc([C@@H]2C[C@@H]3OCC[C@@H]3N(Cc3cccs3)C2)n1. The number of rotatable bonds is 3. The van der Waals surface area contributed by atoms with Gasteiger partial charge >= 0.3 is 0 Å². The first-order valence-electron chi connectivity index (χ1n) is 7.48. The first-order valence-corrected chi connectivity index (χ1v) is 8.36. The van der Waals surface area contributed by atoms with E-state index in [1.165, 1.54) is 4.88 Å². The first-order chi connectivity index (χ1) is 10.3. The summed E-state index contributed by atoms with van der Waals surface area (Å²) in [6.07, 6.45) is 2.43. The molecule has 2 aliphatic heterocycles. The van der Waals surface area contributed by atoms with E-state index >= 15 is 0 Å². The van der Waals surface area contributed by atoms with E-state index in [4.69, 9.17) is 9.26 Å². The molecule has 0 amide bonds. The lowest BCUT2D eigenvalue weighted by Crippen LogP contribution is -2.48. The monoisotopic (exact) mass is 305 g/mol. The largest absolute Gasteiger partial charge is 0.377 e. The summed E-state index contributed by atoms with van der Waals surface area (Å²) in [4.78, 5) is 8.37. The van der Waals surface area contributed by atoms with Crippen molar-refractivity contribution in [2.24, 2.45) is 0 Å². The third-order valence-corrected chi connectivity index (χ3v) is 5.31. The van der Waals surface area contributed by atoms with Crippen LogP contribution in [0.15, 0.2) is 22.0 Å². The summed E-state index contributed by atoms with van der Waals surface area (Å²) in [5.74, 6) is 1.76. The Kier molecular flexibility index (Phi) is 3.52. The standard InChI is InChI=1S/C15H19N3O2S/c1-10-16-15(20-17-10)11-7-14-13(4-5-19-14)18(8-11)9-12-3-2-6-21-12/h2-3,6,11,13-14H,4-5,7-9H2,1H3/t11-,13+,14+/m1/s1. The minimum absolute atomic E-state index is 0.283. The lowest BCUT2D eigenvalue weighted by molar-refractivity contribution is 0.00887. The number of aromatic nitrogens is 2. The minimum Gasteiger partial charge on any atom is -0.377 e. The third-order valence-electron chi connectivity index (χ3n) is 4.45. The average molecular weight is 305 g/mol. The molecule has 0 spiro atoms. The highest BCUT2D eigenvalue weighted by molar-refractivity contribution is 7.09. The van der Waals surface area contributed by atoms with Crippen LogP contribution >= 0.6 is 11.3 Å². The highest BCUT2D eigenvalue weighted by Crippen LogP contribution is 2.36. The maximum absolute atomic E-state index is 5.94. The molecule has 2 aromatic heterocycles. The molecule has 0 aliphatic carbocycles. The molecule has 4 heterocycles. The van der Waals surface area contributed by atoms with Crippen LogP contribution in [0.1, 0.15) is 35.4 Å². The molecule has 2 aromatic rings. The van der Waals surface area contributed by atoms with E-state index in [0.717, 1.165) is 38.4 Å². The molecule has 0 bridgehead atoms. The number of likely N-dealkylation sites (tertiary alicyclic amines) is 1. The van der Waals surface area contributed by atoms with Gasteiger partial charge in [-0.2, -0.15) is 4.98 Å². The Morgan fingerprint density at radius 1 is 1.48 bits per heavy atom. The summed E-state index contributed by atoms with van der Waals surface area (Å²) in [6, 6.07) is 4.86. The van der Waals surface area contributed by atoms with Gasteiger partial charge < -0.3 is 9.26 Å². The third kappa shape index (κ3) is 2.63. The van der Waals surface area contributed by atoms with Gasteiger partial charge in [0, 0.05) is 30.6 Å². The van der Waals surface area contributed by atoms with Crippen LogP contribution in [-0.4, -0.2) is 40.3 Å². The molecule has 0 unspecified atom stereocenters. The normalized spacial score (nSPS) is 29.7. The number of piperidine rings is 1. The molecule has 0 N–H and O–H groups in total. The molecule has 112 valence electrons. The summed E-state index contributed by atoms with van der Waals surface area (Å²) in [7, 11) is 0. The Balaban J connectivity index is 1.55. The quantitative estimate of drug-likeness (QED) is 0.872. The first kappa shape index (κ1) is 13.4. The fourth-order valence-electron chi connectivity index (χ4n) is 3.50. The van der Waals surface area contributed by atoms with Gasteiger partial charge in [0.1, 0.15) is 0 Å². The van der Waals surface area contributed by atoms with Gasteiger partial charge in [-0.1, -0.05) is 11.2 Å². The number of nitrogens with zero attached hydrogens (tertiary/aromatic N) is 3. The van der Waals surface area contributed by atoms with E-state index in [0.29, 0.717) is 18.0 Å². The van der Waals surface area contributed by atoms with Crippen LogP contribution in [0.5, 0.6) is 0 Å². The second-order valence-corrected chi connectivity index (χ2v) is 6.92. The van der Waals surface area contributed by atoms with Gasteiger partial charge in [0.15, 0.2) is 5.82 Å². The van der Waals surface area contributed by atoms with Gasteiger partial charge in [0.25, 0.3) is 0 Å². The topological polar surface area (TPSA) is 51.4 Å². The van der Waals surface area contributed by atoms with Crippen molar-refractivity contribution in [2.45, 2.75) is 44.4 Å². The molecule has 2 aliphatic rings. The summed E-state index contributed by atoms with van der Waals surface area (Å²) < 4.78 is 11.3. The van der Waals surface area contributed by atoms with Crippen LogP contribution in [0, 0.1) is 6.92 Å². The van der Waals surface area contributed by atoms with Crippen molar-refractivity contribution >= 4 is 11.3 Å². The second kappa shape index (κ2) is 5.51. The molecular formula is C15H19N3O2S. The molecule has 4 rings (SSSR count). The maximum Gasteiger partial charge on any atom is 0.231 e. The number of aryl methyl sites for hydroxylation is 1. The van der Waals surface area contributed by atoms with E-state index in [-0.39, 0.29) is 5.92 Å². The summed E-state index contributed by atoms with van der Waals surface area (Å²) in [5.41, 5.74) is 0. The number of hydrogen-bond acceptors (Lipinski definition) is 6. The number of fused-ring (bicyclic) bond motifs is 1. The minimum atomic E-state index is 0.283. The molecule has 5 nitrogen and oxygen atoms in total. The van der Waals surface area contributed by atoms with Crippen molar-refractivity contribution in [2.75, 3.05) is 13.2 Å². The Morgan fingerprint density at radius 3 is 3.19 bits per heavy atom. The summed E-state index contributed by atoms with van der Waals surface area (Å²) in [5, 5.41) is 6.07. The molecule has 0 radical (unpaired) electrons. The zero-order valence-corrected chi connectivity index (χ0v) is 12.9. The number of thiophene rings is 1.